The van der Waals surface area contributed by atoms with E-state index in [1.54, 1.807) is 0 Å². The number of piperidine rings is 1. The number of rotatable bonds is 11. The van der Waals surface area contributed by atoms with Crippen LogP contribution in [-0.2, 0) is 16.1 Å². The first-order valence-electron chi connectivity index (χ1n) is 13.2. The maximum atomic E-state index is 11.0. The van der Waals surface area contributed by atoms with E-state index in [0.29, 0.717) is 19.4 Å². The molecule has 2 N–H and O–H groups in total. The molecule has 36 heavy (non-hydrogen) atoms. The molecule has 1 saturated carbocycles. The molecular formula is C30H40ClNO4. The van der Waals surface area contributed by atoms with E-state index in [9.17, 15) is 9.90 Å². The molecule has 1 aliphatic carbocycles. The van der Waals surface area contributed by atoms with Crippen LogP contribution in [0, 0.1) is 5.92 Å². The number of carbonyl (C=O) groups is 1. The first-order valence-corrected chi connectivity index (χ1v) is 13.2. The molecule has 0 aromatic heterocycles. The van der Waals surface area contributed by atoms with Crippen LogP contribution < -0.4 is 0 Å². The van der Waals surface area contributed by atoms with E-state index >= 15 is 0 Å². The predicted octanol–water partition coefficient (Wildman–Crippen LogP) is 6.10. The van der Waals surface area contributed by atoms with Gasteiger partial charge >= 0.3 is 5.97 Å². The quantitative estimate of drug-likeness (QED) is 0.355. The van der Waals surface area contributed by atoms with Crippen LogP contribution >= 0.6 is 12.4 Å². The second-order valence-electron chi connectivity index (χ2n) is 9.95. The van der Waals surface area contributed by atoms with Crippen LogP contribution in [0.5, 0.6) is 0 Å². The number of carboxylic acid groups (broad SMARTS) is 1. The lowest BCUT2D eigenvalue weighted by molar-refractivity contribution is -0.136. The number of halogens is 1. The smallest absolute Gasteiger partial charge is 0.303 e. The zero-order chi connectivity index (χ0) is 24.5. The number of hydrogen-bond donors (Lipinski definition) is 2. The molecule has 2 fully saturated rings. The van der Waals surface area contributed by atoms with Crippen molar-refractivity contribution in [1.29, 1.82) is 0 Å². The summed E-state index contributed by atoms with van der Waals surface area (Å²) in [5, 5.41) is 19.9. The van der Waals surface area contributed by atoms with Gasteiger partial charge in [-0.3, -0.25) is 9.69 Å². The van der Waals surface area contributed by atoms with Gasteiger partial charge in [0.25, 0.3) is 0 Å². The number of aliphatic carboxylic acids is 1. The third kappa shape index (κ3) is 7.91. The lowest BCUT2D eigenvalue weighted by Gasteiger charge is -2.38. The summed E-state index contributed by atoms with van der Waals surface area (Å²) in [7, 11) is 0. The monoisotopic (exact) mass is 513 g/mol. The lowest BCUT2D eigenvalue weighted by Crippen LogP contribution is -2.47. The molecule has 0 amide bonds. The fourth-order valence-electron chi connectivity index (χ4n) is 5.69. The van der Waals surface area contributed by atoms with Crippen molar-refractivity contribution in [3.63, 3.8) is 0 Å². The van der Waals surface area contributed by atoms with Gasteiger partial charge in [0, 0.05) is 24.8 Å². The van der Waals surface area contributed by atoms with Gasteiger partial charge in [-0.2, -0.15) is 0 Å². The number of likely N-dealkylation sites (tertiary alicyclic amines) is 1. The summed E-state index contributed by atoms with van der Waals surface area (Å²) in [6.07, 6.45) is 10.6. The lowest BCUT2D eigenvalue weighted by atomic mass is 9.92. The topological polar surface area (TPSA) is 70.0 Å². The van der Waals surface area contributed by atoms with Crippen LogP contribution in [0.15, 0.2) is 66.7 Å². The largest absolute Gasteiger partial charge is 0.481 e. The van der Waals surface area contributed by atoms with Gasteiger partial charge in [0.2, 0.25) is 0 Å². The minimum atomic E-state index is -0.760. The number of aliphatic hydroxyl groups excluding tert-OH is 1. The minimum absolute atomic E-state index is 0. The van der Waals surface area contributed by atoms with Crippen LogP contribution in [-0.4, -0.2) is 52.4 Å². The highest BCUT2D eigenvalue weighted by atomic mass is 35.5. The molecule has 196 valence electrons. The minimum Gasteiger partial charge on any atom is -0.481 e. The number of ether oxygens (including phenoxy) is 1. The first kappa shape index (κ1) is 28.4. The van der Waals surface area contributed by atoms with Crippen molar-refractivity contribution in [2.75, 3.05) is 13.1 Å². The highest BCUT2D eigenvalue weighted by Crippen LogP contribution is 2.38. The van der Waals surface area contributed by atoms with Crippen LogP contribution in [0.3, 0.4) is 0 Å². The number of carboxylic acids is 1. The summed E-state index contributed by atoms with van der Waals surface area (Å²) in [6, 6.07) is 19.1. The number of benzene rings is 2. The molecule has 1 saturated heterocycles. The molecule has 0 spiro atoms. The molecule has 2 aliphatic rings. The molecule has 0 radical (unpaired) electrons. The summed E-state index contributed by atoms with van der Waals surface area (Å²) in [5.41, 5.74) is 3.55. The van der Waals surface area contributed by atoms with Crippen LogP contribution in [0.1, 0.15) is 56.9 Å². The van der Waals surface area contributed by atoms with Gasteiger partial charge in [-0.1, -0.05) is 73.2 Å². The maximum Gasteiger partial charge on any atom is 0.303 e. The summed E-state index contributed by atoms with van der Waals surface area (Å²) in [5.74, 6) is -0.486. The van der Waals surface area contributed by atoms with Crippen LogP contribution in [0.4, 0.5) is 0 Å². The van der Waals surface area contributed by atoms with Gasteiger partial charge in [0.1, 0.15) is 0 Å². The molecule has 1 aliphatic heterocycles. The van der Waals surface area contributed by atoms with E-state index in [-0.39, 0.29) is 43.0 Å². The number of allylic oxidation sites excluding steroid dienone is 2. The van der Waals surface area contributed by atoms with Crippen molar-refractivity contribution in [1.82, 2.24) is 4.90 Å². The van der Waals surface area contributed by atoms with E-state index in [2.05, 4.69) is 59.5 Å². The average molecular weight is 514 g/mol. The van der Waals surface area contributed by atoms with Crippen molar-refractivity contribution < 1.29 is 19.7 Å². The highest BCUT2D eigenvalue weighted by Gasteiger charge is 2.45. The second kappa shape index (κ2) is 14.5. The molecule has 4 atom stereocenters. The Morgan fingerprint density at radius 3 is 2.31 bits per heavy atom. The fraction of sp³-hybridized carbons (Fsp3) is 0.500. The first-order chi connectivity index (χ1) is 17.1. The zero-order valence-corrected chi connectivity index (χ0v) is 21.8. The number of aliphatic hydroxyl groups is 1. The summed E-state index contributed by atoms with van der Waals surface area (Å²) in [6.45, 7) is 2.66. The van der Waals surface area contributed by atoms with Gasteiger partial charge in [-0.05, 0) is 61.9 Å². The molecule has 5 nitrogen and oxygen atoms in total. The molecule has 2 aromatic carbocycles. The molecule has 4 rings (SSSR count). The SMILES string of the molecule is Cl.O=C(O)CCC=CCC[C@@H]1[C@@H](N2CCCCC2)[C@@H](O)C[C@@H]1OCc1ccc(-c2ccccc2)cc1. The van der Waals surface area contributed by atoms with Crippen LogP contribution in [0.2, 0.25) is 0 Å². The predicted molar refractivity (Wildman–Crippen MR) is 146 cm³/mol. The van der Waals surface area contributed by atoms with Crippen molar-refractivity contribution >= 4 is 18.4 Å². The molecule has 0 bridgehead atoms. The zero-order valence-electron chi connectivity index (χ0n) is 21.0. The van der Waals surface area contributed by atoms with E-state index < -0.39 is 5.97 Å². The molecule has 1 heterocycles. The van der Waals surface area contributed by atoms with Crippen molar-refractivity contribution in [3.8, 4) is 11.1 Å². The van der Waals surface area contributed by atoms with Crippen molar-refractivity contribution in [2.45, 2.75) is 76.2 Å². The van der Waals surface area contributed by atoms with E-state index in [1.807, 2.05) is 12.1 Å². The van der Waals surface area contributed by atoms with Gasteiger partial charge in [0.05, 0.1) is 18.8 Å². The average Bonchev–Trinajstić information content (AvgIpc) is 3.20. The number of nitrogens with zero attached hydrogens (tertiary/aromatic N) is 1. The molecular weight excluding hydrogens is 474 g/mol. The van der Waals surface area contributed by atoms with Gasteiger partial charge in [-0.15, -0.1) is 12.4 Å². The Morgan fingerprint density at radius 2 is 1.61 bits per heavy atom. The molecule has 6 heteroatoms. The van der Waals surface area contributed by atoms with E-state index in [0.717, 1.165) is 31.5 Å². The van der Waals surface area contributed by atoms with E-state index in [1.165, 1.54) is 30.4 Å². The molecule has 2 aromatic rings. The normalized spacial score (nSPS) is 24.6. The summed E-state index contributed by atoms with van der Waals surface area (Å²) in [4.78, 5) is 13.2. The summed E-state index contributed by atoms with van der Waals surface area (Å²) >= 11 is 0. The number of hydrogen-bond acceptors (Lipinski definition) is 4. The van der Waals surface area contributed by atoms with Gasteiger partial charge in [-0.25, -0.2) is 0 Å². The highest BCUT2D eigenvalue weighted by molar-refractivity contribution is 5.85. The Labute approximate surface area is 221 Å². The Morgan fingerprint density at radius 1 is 0.944 bits per heavy atom. The standard InChI is InChI=1S/C30H39NO4.ClH/c32-27-21-28(35-22-23-15-17-25(18-16-23)24-11-5-3-6-12-24)26(13-7-1-2-8-14-29(33)34)30(27)31-19-9-4-10-20-31;/h1-3,5-6,11-12,15-18,26-28,30,32H,4,7-10,13-14,19-22H2,(H,33,34);1H/t26-,27-,28-,30+;/m0./s1. The van der Waals surface area contributed by atoms with Crippen LogP contribution in [0.25, 0.3) is 11.1 Å². The Hall–Kier alpha value is -2.18. The van der Waals surface area contributed by atoms with Gasteiger partial charge in [0.15, 0.2) is 0 Å². The third-order valence-electron chi connectivity index (χ3n) is 7.48. The Kier molecular flexibility index (Phi) is 11.5. The van der Waals surface area contributed by atoms with Crippen molar-refractivity contribution in [3.05, 3.63) is 72.3 Å². The molecule has 0 unspecified atom stereocenters. The Balaban J connectivity index is 0.00000361. The van der Waals surface area contributed by atoms with Gasteiger partial charge < -0.3 is 14.9 Å². The van der Waals surface area contributed by atoms with E-state index in [4.69, 9.17) is 9.84 Å². The second-order valence-corrected chi connectivity index (χ2v) is 9.95. The summed E-state index contributed by atoms with van der Waals surface area (Å²) < 4.78 is 6.46. The maximum absolute atomic E-state index is 11.0. The Bertz CT molecular complexity index is 943. The fourth-order valence-corrected chi connectivity index (χ4v) is 5.69. The van der Waals surface area contributed by atoms with Crippen molar-refractivity contribution in [2.24, 2.45) is 5.92 Å². The third-order valence-corrected chi connectivity index (χ3v) is 7.48.